The second-order valence-electron chi connectivity index (χ2n) is 5.67. The molecular weight excluding hydrogens is 244 g/mol. The van der Waals surface area contributed by atoms with E-state index in [1.165, 1.54) is 33.5 Å². The quantitative estimate of drug-likeness (QED) is 0.916. The van der Waals surface area contributed by atoms with Crippen LogP contribution in [0.2, 0.25) is 0 Å². The molecule has 0 saturated carbocycles. The zero-order valence-corrected chi connectivity index (χ0v) is 12.9. The lowest BCUT2D eigenvalue weighted by atomic mass is 10.0. The Hall–Kier alpha value is -1.80. The van der Waals surface area contributed by atoms with Crippen molar-refractivity contribution in [1.82, 2.24) is 0 Å². The van der Waals surface area contributed by atoms with Gasteiger partial charge in [0.1, 0.15) is 0 Å². The van der Waals surface area contributed by atoms with Crippen molar-refractivity contribution in [2.45, 2.75) is 33.9 Å². The van der Waals surface area contributed by atoms with Gasteiger partial charge in [0, 0.05) is 25.8 Å². The normalized spacial score (nSPS) is 10.7. The van der Waals surface area contributed by atoms with Crippen molar-refractivity contribution in [3.8, 4) is 0 Å². The zero-order valence-electron chi connectivity index (χ0n) is 12.9. The monoisotopic (exact) mass is 268 g/mol. The summed E-state index contributed by atoms with van der Waals surface area (Å²) in [6.07, 6.45) is 0. The Morgan fingerprint density at radius 1 is 0.950 bits per heavy atom. The number of benzene rings is 2. The molecule has 0 fully saturated rings. The maximum absolute atomic E-state index is 5.68. The van der Waals surface area contributed by atoms with Crippen molar-refractivity contribution < 1.29 is 0 Å². The summed E-state index contributed by atoms with van der Waals surface area (Å²) in [5.74, 6) is 0. The minimum atomic E-state index is 0.605. The maximum atomic E-state index is 5.68. The largest absolute Gasteiger partial charge is 0.370 e. The fourth-order valence-corrected chi connectivity index (χ4v) is 2.58. The van der Waals surface area contributed by atoms with Gasteiger partial charge in [0.15, 0.2) is 0 Å². The van der Waals surface area contributed by atoms with Crippen LogP contribution in [-0.2, 0) is 13.1 Å². The molecule has 2 nitrogen and oxygen atoms in total. The number of anilines is 1. The van der Waals surface area contributed by atoms with Crippen LogP contribution >= 0.6 is 0 Å². The van der Waals surface area contributed by atoms with E-state index in [1.807, 2.05) is 0 Å². The van der Waals surface area contributed by atoms with Gasteiger partial charge in [-0.05, 0) is 60.7 Å². The first-order valence-corrected chi connectivity index (χ1v) is 7.07. The van der Waals surface area contributed by atoms with Gasteiger partial charge in [-0.1, -0.05) is 24.3 Å². The third-order valence-corrected chi connectivity index (χ3v) is 3.70. The molecule has 0 aliphatic heterocycles. The van der Waals surface area contributed by atoms with E-state index in [0.717, 1.165) is 6.54 Å². The highest BCUT2D eigenvalue weighted by Gasteiger charge is 2.06. The van der Waals surface area contributed by atoms with Crippen LogP contribution in [0.1, 0.15) is 27.8 Å². The van der Waals surface area contributed by atoms with Crippen molar-refractivity contribution in [2.24, 2.45) is 5.73 Å². The average Bonchev–Trinajstić information content (AvgIpc) is 2.39. The molecule has 0 unspecified atom stereocenters. The molecule has 2 aromatic rings. The van der Waals surface area contributed by atoms with E-state index in [-0.39, 0.29) is 0 Å². The van der Waals surface area contributed by atoms with Gasteiger partial charge in [-0.15, -0.1) is 0 Å². The molecule has 0 atom stereocenters. The summed E-state index contributed by atoms with van der Waals surface area (Å²) in [4.78, 5) is 2.30. The van der Waals surface area contributed by atoms with E-state index in [9.17, 15) is 0 Å². The summed E-state index contributed by atoms with van der Waals surface area (Å²) in [5.41, 5.74) is 13.4. The molecule has 0 aliphatic carbocycles. The molecule has 0 spiro atoms. The summed E-state index contributed by atoms with van der Waals surface area (Å²) < 4.78 is 0. The zero-order chi connectivity index (χ0) is 14.7. The second-order valence-corrected chi connectivity index (χ2v) is 5.67. The standard InChI is InChI=1S/C18H24N2/c1-13-7-14(2)9-18(8-13)20(4)12-17-6-5-16(11-19)10-15(17)3/h5-10H,11-12,19H2,1-4H3. The SMILES string of the molecule is Cc1cc(C)cc(N(C)Cc2ccc(CN)cc2C)c1. The first kappa shape index (κ1) is 14.6. The first-order chi connectivity index (χ1) is 9.49. The van der Waals surface area contributed by atoms with E-state index in [0.29, 0.717) is 6.54 Å². The fourth-order valence-electron chi connectivity index (χ4n) is 2.58. The average molecular weight is 268 g/mol. The lowest BCUT2D eigenvalue weighted by Crippen LogP contribution is -2.17. The Balaban J connectivity index is 2.20. The molecule has 0 aromatic heterocycles. The van der Waals surface area contributed by atoms with Crippen LogP contribution in [0.4, 0.5) is 5.69 Å². The van der Waals surface area contributed by atoms with Gasteiger partial charge in [-0.3, -0.25) is 0 Å². The topological polar surface area (TPSA) is 29.3 Å². The van der Waals surface area contributed by atoms with Gasteiger partial charge in [0.05, 0.1) is 0 Å². The smallest absolute Gasteiger partial charge is 0.0428 e. The van der Waals surface area contributed by atoms with Crippen molar-refractivity contribution in [2.75, 3.05) is 11.9 Å². The molecule has 106 valence electrons. The molecule has 2 heteroatoms. The highest BCUT2D eigenvalue weighted by molar-refractivity contribution is 5.51. The van der Waals surface area contributed by atoms with Crippen LogP contribution < -0.4 is 10.6 Å². The Labute approximate surface area is 122 Å². The Morgan fingerprint density at radius 3 is 2.15 bits per heavy atom. The van der Waals surface area contributed by atoms with Crippen LogP contribution in [0, 0.1) is 20.8 Å². The molecular formula is C18H24N2. The highest BCUT2D eigenvalue weighted by Crippen LogP contribution is 2.21. The van der Waals surface area contributed by atoms with Gasteiger partial charge in [0.25, 0.3) is 0 Å². The molecule has 0 heterocycles. The maximum Gasteiger partial charge on any atom is 0.0428 e. The number of hydrogen-bond donors (Lipinski definition) is 1. The lowest BCUT2D eigenvalue weighted by Gasteiger charge is -2.22. The number of nitrogens with zero attached hydrogens (tertiary/aromatic N) is 1. The van der Waals surface area contributed by atoms with Crippen molar-refractivity contribution in [3.63, 3.8) is 0 Å². The minimum absolute atomic E-state index is 0.605. The molecule has 2 aromatic carbocycles. The molecule has 0 amide bonds. The molecule has 0 bridgehead atoms. The predicted molar refractivity (Wildman–Crippen MR) is 87.1 cm³/mol. The molecule has 0 aliphatic rings. The molecule has 20 heavy (non-hydrogen) atoms. The van der Waals surface area contributed by atoms with Crippen LogP contribution in [0.5, 0.6) is 0 Å². The lowest BCUT2D eigenvalue weighted by molar-refractivity contribution is 0.908. The van der Waals surface area contributed by atoms with E-state index >= 15 is 0 Å². The highest BCUT2D eigenvalue weighted by atomic mass is 15.1. The van der Waals surface area contributed by atoms with Crippen molar-refractivity contribution in [3.05, 3.63) is 64.2 Å². The van der Waals surface area contributed by atoms with Gasteiger partial charge in [-0.2, -0.15) is 0 Å². The van der Waals surface area contributed by atoms with Gasteiger partial charge >= 0.3 is 0 Å². The van der Waals surface area contributed by atoms with E-state index in [4.69, 9.17) is 5.73 Å². The second kappa shape index (κ2) is 6.10. The van der Waals surface area contributed by atoms with Crippen LogP contribution in [0.3, 0.4) is 0 Å². The summed E-state index contributed by atoms with van der Waals surface area (Å²) >= 11 is 0. The molecule has 0 saturated heterocycles. The third-order valence-electron chi connectivity index (χ3n) is 3.70. The van der Waals surface area contributed by atoms with Crippen molar-refractivity contribution >= 4 is 5.69 Å². The predicted octanol–water partition coefficient (Wildman–Crippen LogP) is 3.71. The van der Waals surface area contributed by atoms with Crippen LogP contribution in [0.25, 0.3) is 0 Å². The number of nitrogens with two attached hydrogens (primary N) is 1. The summed E-state index contributed by atoms with van der Waals surface area (Å²) in [5, 5.41) is 0. The summed E-state index contributed by atoms with van der Waals surface area (Å²) in [7, 11) is 2.14. The first-order valence-electron chi connectivity index (χ1n) is 7.07. The molecule has 2 rings (SSSR count). The fraction of sp³-hybridized carbons (Fsp3) is 0.333. The van der Waals surface area contributed by atoms with E-state index in [2.05, 4.69) is 69.1 Å². The Kier molecular flexibility index (Phi) is 4.46. The van der Waals surface area contributed by atoms with Crippen LogP contribution in [-0.4, -0.2) is 7.05 Å². The minimum Gasteiger partial charge on any atom is -0.370 e. The summed E-state index contributed by atoms with van der Waals surface area (Å²) in [6.45, 7) is 7.97. The van der Waals surface area contributed by atoms with Gasteiger partial charge < -0.3 is 10.6 Å². The third kappa shape index (κ3) is 3.40. The Morgan fingerprint density at radius 2 is 1.60 bits per heavy atom. The molecule has 0 radical (unpaired) electrons. The van der Waals surface area contributed by atoms with E-state index in [1.54, 1.807) is 0 Å². The van der Waals surface area contributed by atoms with Crippen LogP contribution in [0.15, 0.2) is 36.4 Å². The number of aryl methyl sites for hydroxylation is 3. The van der Waals surface area contributed by atoms with Gasteiger partial charge in [0.2, 0.25) is 0 Å². The molecule has 2 N–H and O–H groups in total. The summed E-state index contributed by atoms with van der Waals surface area (Å²) in [6, 6.07) is 13.2. The van der Waals surface area contributed by atoms with Gasteiger partial charge in [-0.25, -0.2) is 0 Å². The van der Waals surface area contributed by atoms with Crippen molar-refractivity contribution in [1.29, 1.82) is 0 Å². The number of hydrogen-bond acceptors (Lipinski definition) is 2. The van der Waals surface area contributed by atoms with E-state index < -0.39 is 0 Å². The Bertz CT molecular complexity index is 582. The number of rotatable bonds is 4.